The molecule has 2 heterocycles. The molecule has 2 aliphatic rings. The van der Waals surface area contributed by atoms with Gasteiger partial charge in [-0.05, 0) is 50.2 Å². The van der Waals surface area contributed by atoms with E-state index in [1.54, 1.807) is 6.92 Å². The van der Waals surface area contributed by atoms with Gasteiger partial charge in [0.15, 0.2) is 15.7 Å². The van der Waals surface area contributed by atoms with Gasteiger partial charge in [0.2, 0.25) is 5.03 Å². The molecule has 2 aromatic heterocycles. The molecule has 0 radical (unpaired) electrons. The summed E-state index contributed by atoms with van der Waals surface area (Å²) in [5, 5.41) is 11.8. The Morgan fingerprint density at radius 2 is 2.14 bits per heavy atom. The summed E-state index contributed by atoms with van der Waals surface area (Å²) in [7, 11) is -3.81. The van der Waals surface area contributed by atoms with Gasteiger partial charge < -0.3 is 5.32 Å². The fraction of sp³-hybridized carbons (Fsp3) is 0.526. The molecule has 0 saturated heterocycles. The number of carbonyl (C=O) groups is 1. The van der Waals surface area contributed by atoms with E-state index in [4.69, 9.17) is 10.1 Å². The lowest BCUT2D eigenvalue weighted by Crippen LogP contribution is -2.21. The van der Waals surface area contributed by atoms with Crippen molar-refractivity contribution in [3.05, 3.63) is 34.5 Å². The summed E-state index contributed by atoms with van der Waals surface area (Å²) in [5.74, 6) is -0.844. The lowest BCUT2D eigenvalue weighted by Gasteiger charge is -2.20. The van der Waals surface area contributed by atoms with Crippen molar-refractivity contribution in [3.63, 3.8) is 0 Å². The maximum atomic E-state index is 14.1. The predicted octanol–water partition coefficient (Wildman–Crippen LogP) is 3.08. The van der Waals surface area contributed by atoms with Crippen LogP contribution in [0.15, 0.2) is 15.6 Å². The number of urea groups is 1. The second-order valence-corrected chi connectivity index (χ2v) is 9.91. The molecule has 0 saturated carbocycles. The first-order valence-electron chi connectivity index (χ1n) is 9.76. The lowest BCUT2D eigenvalue weighted by molar-refractivity contribution is 0.260. The summed E-state index contributed by atoms with van der Waals surface area (Å²) in [5.41, 5.74) is 4.64. The van der Waals surface area contributed by atoms with Crippen LogP contribution >= 0.6 is 0 Å². The molecule has 1 atom stereocenters. The highest BCUT2D eigenvalue weighted by molar-refractivity contribution is 7.91. The molecule has 0 aromatic carbocycles. The zero-order valence-electron chi connectivity index (χ0n) is 16.8. The minimum absolute atomic E-state index is 0.0684. The van der Waals surface area contributed by atoms with Crippen molar-refractivity contribution in [1.82, 2.24) is 14.8 Å². The monoisotopic (exact) mass is 420 g/mol. The van der Waals surface area contributed by atoms with Crippen LogP contribution in [0.5, 0.6) is 0 Å². The number of halogens is 1. The summed E-state index contributed by atoms with van der Waals surface area (Å²) in [4.78, 5) is 17.5. The minimum atomic E-state index is -3.81. The van der Waals surface area contributed by atoms with Crippen LogP contribution in [0.3, 0.4) is 0 Å². The van der Waals surface area contributed by atoms with Gasteiger partial charge in [-0.3, -0.25) is 9.67 Å². The summed E-state index contributed by atoms with van der Waals surface area (Å²) in [6.07, 6.45) is 5.47. The molecule has 2 amide bonds. The van der Waals surface area contributed by atoms with Crippen LogP contribution < -0.4 is 10.5 Å². The number of hydrogen-bond donors (Lipinski definition) is 2. The molecule has 10 heteroatoms. The van der Waals surface area contributed by atoms with Crippen LogP contribution in [-0.2, 0) is 41.1 Å². The fourth-order valence-electron chi connectivity index (χ4n) is 4.17. The number of nitrogens with one attached hydrogen (secondary N) is 1. The molecular formula is C19H25FN6O2S. The van der Waals surface area contributed by atoms with Crippen molar-refractivity contribution < 1.29 is 13.4 Å². The Kier molecular flexibility index (Phi) is 4.73. The Balaban J connectivity index is 1.72. The molecule has 8 nitrogen and oxygen atoms in total. The molecule has 2 aromatic rings. The Hall–Kier alpha value is -2.33. The maximum Gasteiger partial charge on any atom is 0.354 e. The van der Waals surface area contributed by atoms with Gasteiger partial charge in [0.25, 0.3) is 0 Å². The van der Waals surface area contributed by atoms with Crippen molar-refractivity contribution >= 4 is 21.6 Å². The molecule has 3 N–H and O–H groups in total. The molecule has 4 rings (SSSR count). The normalized spacial score (nSPS) is 18.8. The summed E-state index contributed by atoms with van der Waals surface area (Å²) in [6.45, 7) is 6.42. The highest BCUT2D eigenvalue weighted by atomic mass is 32.2. The van der Waals surface area contributed by atoms with E-state index in [2.05, 4.69) is 28.6 Å². The molecule has 156 valence electrons. The average molecular weight is 421 g/mol. The van der Waals surface area contributed by atoms with Crippen LogP contribution in [0.25, 0.3) is 0 Å². The van der Waals surface area contributed by atoms with Crippen molar-refractivity contribution in [3.8, 4) is 0 Å². The van der Waals surface area contributed by atoms with E-state index in [1.807, 2.05) is 0 Å². The first-order chi connectivity index (χ1) is 13.6. The van der Waals surface area contributed by atoms with E-state index in [1.165, 1.54) is 4.68 Å². The Bertz CT molecular complexity index is 1130. The van der Waals surface area contributed by atoms with Crippen LogP contribution in [-0.4, -0.2) is 25.0 Å². The van der Waals surface area contributed by atoms with Gasteiger partial charge in [-0.2, -0.15) is 5.10 Å². The van der Waals surface area contributed by atoms with E-state index in [9.17, 15) is 13.4 Å². The molecule has 0 aliphatic heterocycles. The van der Waals surface area contributed by atoms with Crippen molar-refractivity contribution in [2.75, 3.05) is 5.32 Å². The van der Waals surface area contributed by atoms with Crippen molar-refractivity contribution in [2.24, 2.45) is 9.50 Å². The zero-order valence-corrected chi connectivity index (χ0v) is 17.6. The number of nitrogens with zero attached hydrogens (tertiary/aromatic N) is 4. The van der Waals surface area contributed by atoms with Crippen LogP contribution in [0.2, 0.25) is 0 Å². The zero-order chi connectivity index (χ0) is 21.0. The maximum absolute atomic E-state index is 14.1. The van der Waals surface area contributed by atoms with E-state index in [0.717, 1.165) is 60.8 Å². The van der Waals surface area contributed by atoms with E-state index in [0.29, 0.717) is 12.2 Å². The largest absolute Gasteiger partial charge is 0.354 e. The molecule has 2 aliphatic carbocycles. The molecule has 29 heavy (non-hydrogen) atoms. The van der Waals surface area contributed by atoms with Crippen molar-refractivity contribution in [2.45, 2.75) is 69.9 Å². The summed E-state index contributed by atoms with van der Waals surface area (Å²) >= 11 is 0. The minimum Gasteiger partial charge on any atom is -0.305 e. The lowest BCUT2D eigenvalue weighted by atomic mass is 9.90. The number of anilines is 1. The third-order valence-electron chi connectivity index (χ3n) is 5.70. The summed E-state index contributed by atoms with van der Waals surface area (Å²) < 4.78 is 31.7. The summed E-state index contributed by atoms with van der Waals surface area (Å²) in [6, 6.07) is -0.866. The third kappa shape index (κ3) is 3.44. The van der Waals surface area contributed by atoms with Crippen LogP contribution in [0.4, 0.5) is 14.9 Å². The first kappa shape index (κ1) is 20.0. The van der Waals surface area contributed by atoms with Gasteiger partial charge >= 0.3 is 6.03 Å². The molecular weight excluding hydrogens is 395 g/mol. The smallest absolute Gasteiger partial charge is 0.305 e. The molecule has 0 spiro atoms. The van der Waals surface area contributed by atoms with Crippen LogP contribution in [0, 0.1) is 5.82 Å². The number of rotatable bonds is 3. The number of aromatic nitrogens is 3. The fourth-order valence-corrected chi connectivity index (χ4v) is 5.10. The number of hydrogen-bond acceptors (Lipinski definition) is 4. The van der Waals surface area contributed by atoms with E-state index < -0.39 is 26.8 Å². The average Bonchev–Trinajstić information content (AvgIpc) is 3.32. The topological polar surface area (TPSA) is 115 Å². The van der Waals surface area contributed by atoms with Gasteiger partial charge in [0.1, 0.15) is 0 Å². The second-order valence-electron chi connectivity index (χ2n) is 8.20. The number of amides is 2. The number of nitrogens with two attached hydrogens (primary N) is 1. The highest BCUT2D eigenvalue weighted by Crippen LogP contribution is 2.44. The molecule has 0 bridgehead atoms. The molecule has 0 fully saturated rings. The predicted molar refractivity (Wildman–Crippen MR) is 108 cm³/mol. The number of fused-ring (bicyclic) bond motifs is 2. The van der Waals surface area contributed by atoms with Crippen molar-refractivity contribution in [1.29, 1.82) is 0 Å². The first-order valence-corrected chi connectivity index (χ1v) is 11.3. The number of carbonyl (C=O) groups excluding carboxylic acids is 1. The quantitative estimate of drug-likeness (QED) is 0.794. The van der Waals surface area contributed by atoms with Gasteiger partial charge in [0.05, 0.1) is 17.6 Å². The van der Waals surface area contributed by atoms with Crippen LogP contribution in [0.1, 0.15) is 56.1 Å². The standard InChI is InChI=1S/C19H25FN6O2S/c1-4-26-10-13(20)17(24-26)29(21,28)25-18(27)23-15-11-6-5-7-14(11)22-16-12(15)8-9-19(16,2)3/h10H,4-9H2,1-3H3,(H3,21,22,23,25,27,28)/t29-/m1/s1. The van der Waals surface area contributed by atoms with Gasteiger partial charge in [0, 0.05) is 17.7 Å². The van der Waals surface area contributed by atoms with Gasteiger partial charge in [-0.1, -0.05) is 13.8 Å². The van der Waals surface area contributed by atoms with Gasteiger partial charge in [-0.15, -0.1) is 4.36 Å². The highest BCUT2D eigenvalue weighted by Gasteiger charge is 2.36. The Morgan fingerprint density at radius 3 is 2.83 bits per heavy atom. The molecule has 0 unspecified atom stereocenters. The Labute approximate surface area is 169 Å². The number of aryl methyl sites for hydroxylation is 2. The third-order valence-corrected chi connectivity index (χ3v) is 6.97. The van der Waals surface area contributed by atoms with Gasteiger partial charge in [-0.25, -0.2) is 18.5 Å². The second kappa shape index (κ2) is 6.88. The van der Waals surface area contributed by atoms with E-state index in [-0.39, 0.29) is 5.41 Å². The Morgan fingerprint density at radius 1 is 1.38 bits per heavy atom. The number of pyridine rings is 1. The van der Waals surface area contributed by atoms with E-state index >= 15 is 0 Å². The SMILES string of the molecule is CCn1cc(F)c([S@](N)(=O)=NC(=O)Nc2c3c(nc4c2CCC4(C)C)CCC3)n1.